The third-order valence-electron chi connectivity index (χ3n) is 1.69. The van der Waals surface area contributed by atoms with Crippen molar-refractivity contribution in [3.63, 3.8) is 0 Å². The molecule has 0 spiro atoms. The maximum atomic E-state index is 11.2. The minimum Gasteiger partial charge on any atom is -0.509 e. The molecule has 0 aliphatic carbocycles. The monoisotopic (exact) mass is 288 g/mol. The number of ketones is 1. The Labute approximate surface area is 98.3 Å². The Balaban J connectivity index is 0. The van der Waals surface area contributed by atoms with E-state index >= 15 is 0 Å². The number of aliphatic hydroxyl groups is 1. The van der Waals surface area contributed by atoms with E-state index in [0.717, 1.165) is 0 Å². The fraction of sp³-hybridized carbons (Fsp3) is 0.700. The third kappa shape index (κ3) is 6.28. The first-order valence-corrected chi connectivity index (χ1v) is 4.55. The molecule has 0 rings (SSSR count). The molecule has 0 saturated heterocycles. The van der Waals surface area contributed by atoms with Gasteiger partial charge in [0.15, 0.2) is 5.78 Å². The summed E-state index contributed by atoms with van der Waals surface area (Å²) in [7, 11) is 0. The largest absolute Gasteiger partial charge is 0.509 e. The van der Waals surface area contributed by atoms with Crippen molar-refractivity contribution in [3.05, 3.63) is 11.8 Å². The standard InChI is InChI=1S/C10H18O3.Ru/c1-5-13-8(4)10(12)6-9(11)7(2)3;/h6-8,12H,5H2,1-4H3;/b10-6-;. The molecule has 3 nitrogen and oxygen atoms in total. The van der Waals surface area contributed by atoms with Crippen LogP contribution in [0.3, 0.4) is 0 Å². The van der Waals surface area contributed by atoms with Crippen LogP contribution in [0.25, 0.3) is 0 Å². The molecule has 0 aromatic heterocycles. The molecule has 84 valence electrons. The van der Waals surface area contributed by atoms with Gasteiger partial charge in [-0.3, -0.25) is 4.79 Å². The van der Waals surface area contributed by atoms with E-state index in [1.54, 1.807) is 20.8 Å². The van der Waals surface area contributed by atoms with E-state index < -0.39 is 6.10 Å². The molecule has 0 aliphatic rings. The minimum atomic E-state index is -0.396. The van der Waals surface area contributed by atoms with Gasteiger partial charge in [-0.1, -0.05) is 13.8 Å². The number of hydrogen-bond donors (Lipinski definition) is 1. The number of ether oxygens (including phenoxy) is 1. The Kier molecular flexibility index (Phi) is 9.43. The summed E-state index contributed by atoms with van der Waals surface area (Å²) in [6.45, 7) is 7.65. The van der Waals surface area contributed by atoms with Crippen LogP contribution < -0.4 is 0 Å². The Hall–Kier alpha value is -0.207. The van der Waals surface area contributed by atoms with Gasteiger partial charge in [0.2, 0.25) is 0 Å². The second-order valence-electron chi connectivity index (χ2n) is 3.22. The van der Waals surface area contributed by atoms with Gasteiger partial charge in [0.05, 0.1) is 0 Å². The van der Waals surface area contributed by atoms with Crippen LogP contribution in [0, 0.1) is 5.92 Å². The van der Waals surface area contributed by atoms with Gasteiger partial charge >= 0.3 is 0 Å². The van der Waals surface area contributed by atoms with Crippen LogP contribution in [0.2, 0.25) is 0 Å². The van der Waals surface area contributed by atoms with E-state index in [1.165, 1.54) is 6.08 Å². The van der Waals surface area contributed by atoms with E-state index in [1.807, 2.05) is 6.92 Å². The van der Waals surface area contributed by atoms with Crippen molar-refractivity contribution in [2.45, 2.75) is 33.8 Å². The van der Waals surface area contributed by atoms with E-state index in [0.29, 0.717) is 6.61 Å². The smallest absolute Gasteiger partial charge is 0.161 e. The van der Waals surface area contributed by atoms with E-state index in [-0.39, 0.29) is 36.9 Å². The molecule has 1 unspecified atom stereocenters. The number of aliphatic hydroxyl groups excluding tert-OH is 1. The number of rotatable bonds is 5. The fourth-order valence-electron chi connectivity index (χ4n) is 0.765. The topological polar surface area (TPSA) is 46.5 Å². The fourth-order valence-corrected chi connectivity index (χ4v) is 0.765. The molecule has 0 aromatic rings. The first-order chi connectivity index (χ1) is 5.99. The van der Waals surface area contributed by atoms with Crippen LogP contribution in [0.1, 0.15) is 27.7 Å². The Morgan fingerprint density at radius 3 is 2.29 bits per heavy atom. The summed E-state index contributed by atoms with van der Waals surface area (Å²) in [6, 6.07) is 0. The summed E-state index contributed by atoms with van der Waals surface area (Å²) in [5.41, 5.74) is 0. The number of hydrogen-bond acceptors (Lipinski definition) is 3. The predicted octanol–water partition coefficient (Wildman–Crippen LogP) is 2.08. The zero-order chi connectivity index (χ0) is 10.4. The molecule has 0 saturated carbocycles. The molecular weight excluding hydrogens is 269 g/mol. The molecule has 1 N–H and O–H groups in total. The van der Waals surface area contributed by atoms with Crippen molar-refractivity contribution in [1.82, 2.24) is 0 Å². The Morgan fingerprint density at radius 1 is 1.43 bits per heavy atom. The molecule has 0 fully saturated rings. The van der Waals surface area contributed by atoms with Gasteiger partial charge in [-0.25, -0.2) is 0 Å². The first-order valence-electron chi connectivity index (χ1n) is 4.55. The quantitative estimate of drug-likeness (QED) is 0.478. The maximum Gasteiger partial charge on any atom is 0.161 e. The van der Waals surface area contributed by atoms with Crippen molar-refractivity contribution in [2.75, 3.05) is 6.61 Å². The summed E-state index contributed by atoms with van der Waals surface area (Å²) >= 11 is 0. The SMILES string of the molecule is CCOC(C)/C(O)=C/C(=O)C(C)C.[Ru]. The molecule has 0 heterocycles. The number of carbonyl (C=O) groups excluding carboxylic acids is 1. The van der Waals surface area contributed by atoms with Crippen LogP contribution >= 0.6 is 0 Å². The molecular formula is C10H18O3Ru. The summed E-state index contributed by atoms with van der Waals surface area (Å²) < 4.78 is 5.11. The Morgan fingerprint density at radius 2 is 1.93 bits per heavy atom. The van der Waals surface area contributed by atoms with Gasteiger partial charge in [-0.15, -0.1) is 0 Å². The van der Waals surface area contributed by atoms with Gasteiger partial charge in [0.25, 0.3) is 0 Å². The van der Waals surface area contributed by atoms with Crippen LogP contribution in [-0.4, -0.2) is 23.6 Å². The molecule has 1 atom stereocenters. The van der Waals surface area contributed by atoms with E-state index in [2.05, 4.69) is 0 Å². The third-order valence-corrected chi connectivity index (χ3v) is 1.69. The molecule has 0 radical (unpaired) electrons. The van der Waals surface area contributed by atoms with Gasteiger partial charge < -0.3 is 9.84 Å². The van der Waals surface area contributed by atoms with Crippen LogP contribution in [0.5, 0.6) is 0 Å². The first kappa shape index (κ1) is 16.2. The van der Waals surface area contributed by atoms with Gasteiger partial charge in [0.1, 0.15) is 11.9 Å². The van der Waals surface area contributed by atoms with Gasteiger partial charge in [-0.2, -0.15) is 0 Å². The second-order valence-corrected chi connectivity index (χ2v) is 3.22. The average Bonchev–Trinajstić information content (AvgIpc) is 2.04. The summed E-state index contributed by atoms with van der Waals surface area (Å²) in [5, 5.41) is 9.38. The molecule has 14 heavy (non-hydrogen) atoms. The van der Waals surface area contributed by atoms with Crippen molar-refractivity contribution in [2.24, 2.45) is 5.92 Å². The van der Waals surface area contributed by atoms with Gasteiger partial charge in [-0.05, 0) is 13.8 Å². The minimum absolute atomic E-state index is 0. The van der Waals surface area contributed by atoms with Crippen molar-refractivity contribution in [1.29, 1.82) is 0 Å². The number of carbonyl (C=O) groups is 1. The predicted molar refractivity (Wildman–Crippen MR) is 51.6 cm³/mol. The van der Waals surface area contributed by atoms with Crippen molar-refractivity contribution in [3.8, 4) is 0 Å². The Bertz CT molecular complexity index is 200. The molecule has 4 heteroatoms. The van der Waals surface area contributed by atoms with Crippen molar-refractivity contribution >= 4 is 5.78 Å². The summed E-state index contributed by atoms with van der Waals surface area (Å²) in [6.07, 6.45) is 0.845. The van der Waals surface area contributed by atoms with Crippen molar-refractivity contribution < 1.29 is 34.1 Å². The van der Waals surface area contributed by atoms with Crippen LogP contribution in [-0.2, 0) is 29.0 Å². The molecule has 0 aliphatic heterocycles. The molecule has 0 bridgehead atoms. The van der Waals surface area contributed by atoms with Crippen LogP contribution in [0.4, 0.5) is 0 Å². The molecule has 0 amide bonds. The zero-order valence-electron chi connectivity index (χ0n) is 9.06. The zero-order valence-corrected chi connectivity index (χ0v) is 10.8. The summed E-state index contributed by atoms with van der Waals surface area (Å²) in [5.74, 6) is -0.166. The second kappa shape index (κ2) is 8.13. The summed E-state index contributed by atoms with van der Waals surface area (Å²) in [4.78, 5) is 11.2. The van der Waals surface area contributed by atoms with E-state index in [4.69, 9.17) is 4.74 Å². The van der Waals surface area contributed by atoms with Gasteiger partial charge in [0, 0.05) is 38.1 Å². The number of allylic oxidation sites excluding steroid dienone is 1. The average molecular weight is 287 g/mol. The maximum absolute atomic E-state index is 11.2. The van der Waals surface area contributed by atoms with Crippen LogP contribution in [0.15, 0.2) is 11.8 Å². The van der Waals surface area contributed by atoms with E-state index in [9.17, 15) is 9.90 Å². The normalized spacial score (nSPS) is 13.6. The molecule has 0 aromatic carbocycles.